The summed E-state index contributed by atoms with van der Waals surface area (Å²) in [6.45, 7) is 2.52. The molecule has 0 atom stereocenters. The highest BCUT2D eigenvalue weighted by molar-refractivity contribution is 5.75. The maximum atomic E-state index is 13.2. The first kappa shape index (κ1) is 16.3. The van der Waals surface area contributed by atoms with Crippen LogP contribution in [0.1, 0.15) is 18.3 Å². The number of aromatic nitrogens is 5. The average molecular weight is 350 g/mol. The van der Waals surface area contributed by atoms with Crippen LogP contribution in [0.5, 0.6) is 5.88 Å². The maximum Gasteiger partial charge on any atom is 0.303 e. The molecule has 0 aliphatic heterocycles. The minimum atomic E-state index is -0.0448. The molecule has 0 saturated heterocycles. The van der Waals surface area contributed by atoms with Gasteiger partial charge in [0.05, 0.1) is 20.7 Å². The highest BCUT2D eigenvalue weighted by Gasteiger charge is 2.24. The van der Waals surface area contributed by atoms with Crippen molar-refractivity contribution in [3.05, 3.63) is 64.6 Å². The van der Waals surface area contributed by atoms with E-state index in [0.29, 0.717) is 23.6 Å². The van der Waals surface area contributed by atoms with Crippen molar-refractivity contribution in [2.24, 2.45) is 7.05 Å². The Morgan fingerprint density at radius 2 is 1.92 bits per heavy atom. The van der Waals surface area contributed by atoms with Crippen LogP contribution >= 0.6 is 0 Å². The van der Waals surface area contributed by atoms with Gasteiger partial charge >= 0.3 is 5.56 Å². The summed E-state index contributed by atoms with van der Waals surface area (Å²) in [6, 6.07) is 7.50. The number of fused-ring (bicyclic) bond motifs is 3. The van der Waals surface area contributed by atoms with Crippen LogP contribution in [-0.2, 0) is 20.0 Å². The van der Waals surface area contributed by atoms with E-state index in [1.54, 1.807) is 30.1 Å². The smallest absolute Gasteiger partial charge is 0.303 e. The zero-order chi connectivity index (χ0) is 18.3. The molecule has 132 valence electrons. The molecular weight excluding hydrogens is 330 g/mol. The van der Waals surface area contributed by atoms with E-state index in [-0.39, 0.29) is 5.56 Å². The summed E-state index contributed by atoms with van der Waals surface area (Å²) in [6.07, 6.45) is 6.11. The van der Waals surface area contributed by atoms with Crippen LogP contribution in [0.4, 0.5) is 0 Å². The van der Waals surface area contributed by atoms with E-state index in [9.17, 15) is 4.79 Å². The van der Waals surface area contributed by atoms with E-state index in [4.69, 9.17) is 4.74 Å². The van der Waals surface area contributed by atoms with Gasteiger partial charge in [-0.2, -0.15) is 9.38 Å². The molecule has 4 heterocycles. The summed E-state index contributed by atoms with van der Waals surface area (Å²) in [5, 5.41) is 0. The van der Waals surface area contributed by atoms with Crippen molar-refractivity contribution in [2.75, 3.05) is 7.11 Å². The Kier molecular flexibility index (Phi) is 3.91. The van der Waals surface area contributed by atoms with Crippen molar-refractivity contribution >= 4 is 16.7 Å². The number of hydrogen-bond donors (Lipinski definition) is 0. The lowest BCUT2D eigenvalue weighted by atomic mass is 10.2. The van der Waals surface area contributed by atoms with Gasteiger partial charge < -0.3 is 4.74 Å². The van der Waals surface area contributed by atoms with Crippen molar-refractivity contribution in [3.8, 4) is 5.88 Å². The number of methoxy groups -OCH3 is 1. The van der Waals surface area contributed by atoms with Gasteiger partial charge in [-0.15, -0.1) is 0 Å². The molecule has 4 aromatic rings. The van der Waals surface area contributed by atoms with Crippen molar-refractivity contribution < 1.29 is 9.30 Å². The third kappa shape index (κ3) is 2.44. The van der Waals surface area contributed by atoms with Crippen molar-refractivity contribution in [3.63, 3.8) is 0 Å². The Balaban J connectivity index is 2.11. The molecule has 0 radical (unpaired) electrons. The predicted octanol–water partition coefficient (Wildman–Crippen LogP) is 1.49. The molecule has 0 unspecified atom stereocenters. The summed E-state index contributed by atoms with van der Waals surface area (Å²) in [4.78, 5) is 21.9. The topological polar surface area (TPSA) is 65.3 Å². The molecule has 0 N–H and O–H groups in total. The van der Waals surface area contributed by atoms with E-state index >= 15 is 0 Å². The summed E-state index contributed by atoms with van der Waals surface area (Å²) in [5.41, 5.74) is 3.05. The molecular formula is C19H20N5O2+. The van der Waals surface area contributed by atoms with Gasteiger partial charge in [-0.05, 0) is 23.8 Å². The second-order valence-electron chi connectivity index (χ2n) is 6.17. The molecule has 0 amide bonds. The second-order valence-corrected chi connectivity index (χ2v) is 6.17. The van der Waals surface area contributed by atoms with E-state index in [1.807, 2.05) is 40.4 Å². The molecule has 7 heteroatoms. The average Bonchev–Trinajstić information content (AvgIpc) is 3.02. The fourth-order valence-corrected chi connectivity index (χ4v) is 3.40. The van der Waals surface area contributed by atoms with E-state index in [0.717, 1.165) is 23.3 Å². The summed E-state index contributed by atoms with van der Waals surface area (Å²) >= 11 is 0. The monoisotopic (exact) mass is 350 g/mol. The standard InChI is InChI=1S/C19H20N5O2/c1-4-17-22(2)12-15-19(25)23(11-13-7-9-20-10-8-13)14-5-6-16(26-3)21-18(14)24(15)17/h5-10,12H,4,11H2,1-3H3/q+1. The zero-order valence-electron chi connectivity index (χ0n) is 15.0. The van der Waals surface area contributed by atoms with Gasteiger partial charge in [0.25, 0.3) is 11.5 Å². The Hall–Kier alpha value is -3.22. The first-order valence-corrected chi connectivity index (χ1v) is 8.50. The molecule has 0 aliphatic rings. The molecule has 4 aromatic heterocycles. The molecule has 0 aliphatic carbocycles. The van der Waals surface area contributed by atoms with Crippen LogP contribution in [0.2, 0.25) is 0 Å². The Morgan fingerprint density at radius 3 is 2.62 bits per heavy atom. The Labute approximate surface area is 150 Å². The van der Waals surface area contributed by atoms with Crippen LogP contribution < -0.4 is 14.9 Å². The van der Waals surface area contributed by atoms with Crippen LogP contribution in [0.15, 0.2) is 47.7 Å². The number of nitrogens with zero attached hydrogens (tertiary/aromatic N) is 5. The van der Waals surface area contributed by atoms with Gasteiger partial charge in [0, 0.05) is 24.9 Å². The van der Waals surface area contributed by atoms with Gasteiger partial charge in [0.15, 0.2) is 0 Å². The lowest BCUT2D eigenvalue weighted by Gasteiger charge is -2.10. The third-order valence-corrected chi connectivity index (χ3v) is 4.63. The van der Waals surface area contributed by atoms with Crippen molar-refractivity contribution in [2.45, 2.75) is 19.9 Å². The molecule has 7 nitrogen and oxygen atoms in total. The first-order chi connectivity index (χ1) is 12.6. The van der Waals surface area contributed by atoms with Crippen molar-refractivity contribution in [1.29, 1.82) is 0 Å². The van der Waals surface area contributed by atoms with Crippen molar-refractivity contribution in [1.82, 2.24) is 18.9 Å². The highest BCUT2D eigenvalue weighted by Crippen LogP contribution is 2.19. The fraction of sp³-hybridized carbons (Fsp3) is 0.263. The molecule has 0 spiro atoms. The third-order valence-electron chi connectivity index (χ3n) is 4.63. The predicted molar refractivity (Wildman–Crippen MR) is 97.4 cm³/mol. The normalized spacial score (nSPS) is 11.3. The van der Waals surface area contributed by atoms with Gasteiger partial charge in [0.1, 0.15) is 11.7 Å². The van der Waals surface area contributed by atoms with Crippen LogP contribution in [0, 0.1) is 0 Å². The zero-order valence-corrected chi connectivity index (χ0v) is 15.0. The molecule has 26 heavy (non-hydrogen) atoms. The minimum absolute atomic E-state index is 0.0448. The summed E-state index contributed by atoms with van der Waals surface area (Å²) < 4.78 is 11.0. The number of pyridine rings is 2. The van der Waals surface area contributed by atoms with Crippen LogP contribution in [-0.4, -0.2) is 26.0 Å². The molecule has 0 aromatic carbocycles. The number of hydrogen-bond acceptors (Lipinski definition) is 4. The quantitative estimate of drug-likeness (QED) is 0.523. The molecule has 4 rings (SSSR count). The summed E-state index contributed by atoms with van der Waals surface area (Å²) in [7, 11) is 3.54. The van der Waals surface area contributed by atoms with E-state index in [1.165, 1.54) is 0 Å². The number of imidazole rings is 1. The largest absolute Gasteiger partial charge is 0.481 e. The van der Waals surface area contributed by atoms with Gasteiger partial charge in [-0.1, -0.05) is 6.92 Å². The maximum absolute atomic E-state index is 13.2. The Bertz CT molecular complexity index is 1160. The molecule has 0 fully saturated rings. The van der Waals surface area contributed by atoms with E-state index < -0.39 is 0 Å². The SMILES string of the molecule is CCc1n2c(c[n+]1C)c(=O)n(Cc1ccncc1)c1ccc(OC)nc12. The van der Waals surface area contributed by atoms with Gasteiger partial charge in [-0.25, -0.2) is 4.57 Å². The van der Waals surface area contributed by atoms with Gasteiger partial charge in [-0.3, -0.25) is 14.3 Å². The summed E-state index contributed by atoms with van der Waals surface area (Å²) in [5.74, 6) is 1.53. The minimum Gasteiger partial charge on any atom is -0.481 e. The lowest BCUT2D eigenvalue weighted by Crippen LogP contribution is -2.30. The first-order valence-electron chi connectivity index (χ1n) is 8.50. The van der Waals surface area contributed by atoms with Crippen LogP contribution in [0.25, 0.3) is 16.7 Å². The van der Waals surface area contributed by atoms with E-state index in [2.05, 4.69) is 16.9 Å². The van der Waals surface area contributed by atoms with Gasteiger partial charge in [0.2, 0.25) is 11.4 Å². The number of rotatable bonds is 4. The molecule has 0 saturated carbocycles. The fourth-order valence-electron chi connectivity index (χ4n) is 3.40. The molecule has 0 bridgehead atoms. The van der Waals surface area contributed by atoms with Crippen LogP contribution in [0.3, 0.4) is 0 Å². The Morgan fingerprint density at radius 1 is 1.15 bits per heavy atom. The lowest BCUT2D eigenvalue weighted by molar-refractivity contribution is -0.677. The highest BCUT2D eigenvalue weighted by atomic mass is 16.5. The number of ether oxygens (including phenoxy) is 1. The number of aryl methyl sites for hydroxylation is 2. The second kappa shape index (κ2) is 6.25.